The number of benzene rings is 1. The first kappa shape index (κ1) is 61.7. The molecule has 28 heteroatoms. The van der Waals surface area contributed by atoms with Crippen molar-refractivity contribution in [2.75, 3.05) is 19.8 Å². The first-order valence-corrected chi connectivity index (χ1v) is 23.5. The van der Waals surface area contributed by atoms with E-state index in [4.69, 9.17) is 75.8 Å². The smallest absolute Gasteiger partial charge is 0.303 e. The molecule has 3 heterocycles. The molecule has 3 aliphatic rings. The van der Waals surface area contributed by atoms with Crippen LogP contribution in [0.1, 0.15) is 87.3 Å². The molecule has 0 radical (unpaired) electrons. The van der Waals surface area contributed by atoms with Gasteiger partial charge in [0.15, 0.2) is 55.5 Å². The lowest BCUT2D eigenvalue weighted by atomic mass is 9.94. The lowest BCUT2D eigenvalue weighted by Gasteiger charge is -2.51. The van der Waals surface area contributed by atoms with Gasteiger partial charge in [-0.1, -0.05) is 24.3 Å². The largest absolute Gasteiger partial charge is 0.463 e. The van der Waals surface area contributed by atoms with Crippen LogP contribution in [0.3, 0.4) is 0 Å². The summed E-state index contributed by atoms with van der Waals surface area (Å²) in [6, 6.07) is 4.83. The normalized spacial score (nSPS) is 28.9. The maximum absolute atomic E-state index is 13.3. The Labute approximate surface area is 435 Å². The zero-order chi connectivity index (χ0) is 56.6. The summed E-state index contributed by atoms with van der Waals surface area (Å²) >= 11 is 0. The van der Waals surface area contributed by atoms with Crippen LogP contribution in [0.2, 0.25) is 0 Å². The summed E-state index contributed by atoms with van der Waals surface area (Å²) in [6.07, 6.45) is -24.9. The molecule has 0 aromatic heterocycles. The third-order valence-electron chi connectivity index (χ3n) is 10.8. The van der Waals surface area contributed by atoms with Gasteiger partial charge >= 0.3 is 59.7 Å². The maximum atomic E-state index is 13.3. The lowest BCUT2D eigenvalue weighted by Crippen LogP contribution is -2.70. The maximum Gasteiger partial charge on any atom is 0.303 e. The predicted octanol–water partition coefficient (Wildman–Crippen LogP) is -0.00440. The zero-order valence-electron chi connectivity index (χ0n) is 43.5. The van der Waals surface area contributed by atoms with Gasteiger partial charge in [0.2, 0.25) is 5.91 Å². The van der Waals surface area contributed by atoms with Crippen LogP contribution in [0.4, 0.5) is 0 Å². The van der Waals surface area contributed by atoms with Crippen LogP contribution >= 0.6 is 0 Å². The number of amides is 1. The van der Waals surface area contributed by atoms with Gasteiger partial charge in [0, 0.05) is 76.2 Å². The van der Waals surface area contributed by atoms with E-state index in [0.717, 1.165) is 69.2 Å². The van der Waals surface area contributed by atoms with Gasteiger partial charge in [-0.2, -0.15) is 0 Å². The van der Waals surface area contributed by atoms with Gasteiger partial charge in [0.1, 0.15) is 63.0 Å². The summed E-state index contributed by atoms with van der Waals surface area (Å²) < 4.78 is 93.5. The number of nitrogens with one attached hydrogen (secondary N) is 1. The summed E-state index contributed by atoms with van der Waals surface area (Å²) in [6.45, 7) is 8.97. The number of carbonyl (C=O) groups excluding carboxylic acids is 11. The molecular weight excluding hydrogens is 1020 g/mol. The van der Waals surface area contributed by atoms with E-state index in [0.29, 0.717) is 11.1 Å². The molecule has 1 N–H and O–H groups in total. The Morgan fingerprint density at radius 1 is 0.368 bits per heavy atom. The van der Waals surface area contributed by atoms with E-state index in [1.165, 1.54) is 6.92 Å². The minimum absolute atomic E-state index is 0.0427. The second-order valence-electron chi connectivity index (χ2n) is 17.3. The zero-order valence-corrected chi connectivity index (χ0v) is 43.5. The van der Waals surface area contributed by atoms with E-state index in [1.54, 1.807) is 24.3 Å². The van der Waals surface area contributed by atoms with Gasteiger partial charge < -0.3 is 81.1 Å². The van der Waals surface area contributed by atoms with E-state index in [2.05, 4.69) is 5.32 Å². The summed E-state index contributed by atoms with van der Waals surface area (Å²) in [4.78, 5) is 138. The van der Waals surface area contributed by atoms with Crippen LogP contribution in [0.25, 0.3) is 0 Å². The van der Waals surface area contributed by atoms with Gasteiger partial charge in [-0.3, -0.25) is 52.7 Å². The quantitative estimate of drug-likeness (QED) is 0.118. The van der Waals surface area contributed by atoms with Gasteiger partial charge in [-0.15, -0.1) is 0 Å². The van der Waals surface area contributed by atoms with Crippen molar-refractivity contribution >= 4 is 65.6 Å². The number of carbonyl (C=O) groups is 11. The van der Waals surface area contributed by atoms with E-state index in [9.17, 15) is 52.7 Å². The Balaban J connectivity index is 2.01. The number of hydrogen-bond acceptors (Lipinski definition) is 27. The first-order valence-electron chi connectivity index (χ1n) is 23.5. The van der Waals surface area contributed by atoms with Crippen molar-refractivity contribution in [2.45, 2.75) is 181 Å². The summed E-state index contributed by atoms with van der Waals surface area (Å²) in [5.74, 6) is -9.70. The highest BCUT2D eigenvalue weighted by molar-refractivity contribution is 5.74. The second-order valence-corrected chi connectivity index (χ2v) is 17.3. The Morgan fingerprint density at radius 2 is 0.711 bits per heavy atom. The standard InChI is InChI=1S/C48H63NO27/c1-21(50)49-37-41(68-28(8)57)38(66-26(6)55)34(18-62-23(3)52)72-46(37)76-43-40(75-48-45(71-31(11)60)42(69-29(9)58)39(67-27(7)56)35(74-48)19-63-24(4)53)36(20-64-25(5)54)73-47(44(43)70-30(10)59)65-17-33-14-12-32(13-15-33)16-61-22(2)51/h12-15,34-48H,16-20H2,1-11H3,(H,49,50)/t34-,35-,36-,37-,38-,39-,40+,41-,42+,43+,44-,45-,46+,47-,48+/m1/s1. The molecule has 3 saturated heterocycles. The molecule has 15 atom stereocenters. The fourth-order valence-corrected chi connectivity index (χ4v) is 8.09. The molecule has 3 aliphatic heterocycles. The van der Waals surface area contributed by atoms with Crippen molar-refractivity contribution in [3.63, 3.8) is 0 Å². The number of ether oxygens (including phenoxy) is 16. The molecule has 1 aromatic rings. The summed E-state index contributed by atoms with van der Waals surface area (Å²) in [7, 11) is 0. The van der Waals surface area contributed by atoms with Crippen molar-refractivity contribution < 1.29 is 129 Å². The van der Waals surface area contributed by atoms with Gasteiger partial charge in [-0.05, 0) is 11.1 Å². The van der Waals surface area contributed by atoms with E-state index < -0.39 is 177 Å². The Kier molecular flexibility index (Phi) is 23.4. The predicted molar refractivity (Wildman–Crippen MR) is 243 cm³/mol. The van der Waals surface area contributed by atoms with Gasteiger partial charge in [0.25, 0.3) is 0 Å². The summed E-state index contributed by atoms with van der Waals surface area (Å²) in [5, 5.41) is 2.56. The van der Waals surface area contributed by atoms with E-state index in [-0.39, 0.29) is 13.2 Å². The molecule has 28 nitrogen and oxygen atoms in total. The molecule has 76 heavy (non-hydrogen) atoms. The van der Waals surface area contributed by atoms with Crippen molar-refractivity contribution in [1.82, 2.24) is 5.32 Å². The highest BCUT2D eigenvalue weighted by Crippen LogP contribution is 2.38. The van der Waals surface area contributed by atoms with Crippen LogP contribution in [-0.2, 0) is 142 Å². The van der Waals surface area contributed by atoms with E-state index in [1.807, 2.05) is 0 Å². The Morgan fingerprint density at radius 3 is 1.14 bits per heavy atom. The second kappa shape index (κ2) is 28.9. The third kappa shape index (κ3) is 19.1. The molecule has 1 amide bonds. The minimum Gasteiger partial charge on any atom is -0.463 e. The summed E-state index contributed by atoms with van der Waals surface area (Å²) in [5.41, 5.74) is 1.09. The molecule has 3 fully saturated rings. The molecule has 1 aromatic carbocycles. The SMILES string of the molecule is CC(=O)N[C@H]1[C@H](O[C@H]2[C@@H](O[C@@H]3O[C@H](COC(C)=O)[C@@H](OC(C)=O)[C@H](OC(C)=O)[C@H]3OC(C)=O)[C@@H](COC(C)=O)O[C@@H](OCc3ccc(COC(C)=O)cc3)[C@@H]2OC(C)=O)O[C@H](COC(C)=O)[C@@H](OC(C)=O)[C@@H]1OC(C)=O. The van der Waals surface area contributed by atoms with Crippen LogP contribution in [0, 0.1) is 0 Å². The molecule has 422 valence electrons. The van der Waals surface area contributed by atoms with Crippen molar-refractivity contribution in [3.05, 3.63) is 35.4 Å². The molecule has 0 unspecified atom stereocenters. The van der Waals surface area contributed by atoms with Crippen molar-refractivity contribution in [1.29, 1.82) is 0 Å². The van der Waals surface area contributed by atoms with Gasteiger partial charge in [-0.25, -0.2) is 0 Å². The molecular formula is C48H63NO27. The highest BCUT2D eigenvalue weighted by atomic mass is 16.8. The average molecular weight is 1090 g/mol. The minimum atomic E-state index is -2.03. The monoisotopic (exact) mass is 1090 g/mol. The molecule has 0 saturated carbocycles. The molecule has 0 spiro atoms. The molecule has 0 aliphatic carbocycles. The average Bonchev–Trinajstić information content (AvgIpc) is 3.30. The van der Waals surface area contributed by atoms with Crippen LogP contribution in [-0.4, -0.2) is 177 Å². The topological polar surface area (TPSA) is 347 Å². The Bertz CT molecular complexity index is 2250. The Hall–Kier alpha value is -6.85. The molecule has 0 bridgehead atoms. The van der Waals surface area contributed by atoms with Gasteiger partial charge in [0.05, 0.1) is 6.61 Å². The van der Waals surface area contributed by atoms with Crippen molar-refractivity contribution in [3.8, 4) is 0 Å². The van der Waals surface area contributed by atoms with Crippen LogP contribution < -0.4 is 5.32 Å². The fraction of sp³-hybridized carbons (Fsp3) is 0.646. The molecule has 4 rings (SSSR count). The fourth-order valence-electron chi connectivity index (χ4n) is 8.09. The van der Waals surface area contributed by atoms with Crippen molar-refractivity contribution in [2.24, 2.45) is 0 Å². The lowest BCUT2D eigenvalue weighted by molar-refractivity contribution is -0.382. The van der Waals surface area contributed by atoms with Crippen LogP contribution in [0.15, 0.2) is 24.3 Å². The van der Waals surface area contributed by atoms with E-state index >= 15 is 0 Å². The number of esters is 10. The highest BCUT2D eigenvalue weighted by Gasteiger charge is 2.59. The number of rotatable bonds is 22. The van der Waals surface area contributed by atoms with Crippen LogP contribution in [0.5, 0.6) is 0 Å². The number of hydrogen-bond donors (Lipinski definition) is 1. The first-order chi connectivity index (χ1) is 35.7. The third-order valence-corrected chi connectivity index (χ3v) is 10.8.